The topological polar surface area (TPSA) is 89.6 Å². The van der Waals surface area contributed by atoms with Crippen LogP contribution in [0.4, 0.5) is 0 Å². The van der Waals surface area contributed by atoms with Crippen molar-refractivity contribution in [3.05, 3.63) is 48.0 Å². The van der Waals surface area contributed by atoms with Gasteiger partial charge in [0.15, 0.2) is 5.96 Å². The summed E-state index contributed by atoms with van der Waals surface area (Å²) in [6.45, 7) is 2.07. The number of benzene rings is 2. The van der Waals surface area contributed by atoms with Crippen molar-refractivity contribution in [3.8, 4) is 0 Å². The minimum absolute atomic E-state index is 0.219. The second-order valence-corrected chi connectivity index (χ2v) is 6.67. The Kier molecular flexibility index (Phi) is 3.69. The Morgan fingerprint density at radius 1 is 1.12 bits per heavy atom. The lowest BCUT2D eigenvalue weighted by Crippen LogP contribution is -2.24. The van der Waals surface area contributed by atoms with E-state index in [1.165, 1.54) is 10.9 Å². The zero-order valence-electron chi connectivity index (χ0n) is 14.1. The predicted molar refractivity (Wildman–Crippen MR) is 101 cm³/mol. The fourth-order valence-electron chi connectivity index (χ4n) is 3.83. The minimum Gasteiger partial charge on any atom is -0.370 e. The number of hydrogen-bond donors (Lipinski definition) is 2. The third-order valence-corrected chi connectivity index (χ3v) is 4.92. The van der Waals surface area contributed by atoms with Gasteiger partial charge in [0, 0.05) is 34.4 Å². The first kappa shape index (κ1) is 15.7. The molecule has 25 heavy (non-hydrogen) atoms. The number of likely N-dealkylation sites (tertiary alicyclic amines) is 1. The summed E-state index contributed by atoms with van der Waals surface area (Å²) >= 11 is 0. The summed E-state index contributed by atoms with van der Waals surface area (Å²) < 4.78 is 2.36. The van der Waals surface area contributed by atoms with Gasteiger partial charge in [-0.1, -0.05) is 24.3 Å². The van der Waals surface area contributed by atoms with Gasteiger partial charge in [-0.25, -0.2) is 0 Å². The summed E-state index contributed by atoms with van der Waals surface area (Å²) in [4.78, 5) is 18.2. The Balaban J connectivity index is 1.95. The van der Waals surface area contributed by atoms with E-state index in [0.29, 0.717) is 11.6 Å². The Labute approximate surface area is 145 Å². The van der Waals surface area contributed by atoms with Gasteiger partial charge >= 0.3 is 0 Å². The smallest absolute Gasteiger partial charge is 0.280 e. The molecule has 1 atom stereocenters. The molecule has 0 saturated carbocycles. The standard InChI is InChI=1S/C19H21N5O/c1-23-9-8-13(11-23)24-16-5-3-2-4-14(16)15-7-6-12(10-17(15)24)18(25)22-19(20)21/h2-7,10,13H,8-9,11H2,1H3,(H4,20,21,22,25)/t13-/m0/s1. The lowest BCUT2D eigenvalue weighted by atomic mass is 10.1. The molecular weight excluding hydrogens is 314 g/mol. The lowest BCUT2D eigenvalue weighted by Gasteiger charge is -2.16. The number of para-hydroxylation sites is 1. The maximum atomic E-state index is 12.2. The number of aromatic nitrogens is 1. The average Bonchev–Trinajstić information content (AvgIpc) is 3.14. The van der Waals surface area contributed by atoms with E-state index in [2.05, 4.69) is 39.7 Å². The molecule has 1 amide bonds. The van der Waals surface area contributed by atoms with Crippen LogP contribution in [0.1, 0.15) is 22.8 Å². The first-order chi connectivity index (χ1) is 12.0. The molecule has 0 radical (unpaired) electrons. The molecule has 1 aliphatic rings. The van der Waals surface area contributed by atoms with E-state index in [4.69, 9.17) is 11.5 Å². The normalized spacial score (nSPS) is 18.0. The maximum Gasteiger partial charge on any atom is 0.280 e. The highest BCUT2D eigenvalue weighted by atomic mass is 16.1. The summed E-state index contributed by atoms with van der Waals surface area (Å²) in [6, 6.07) is 14.4. The third kappa shape index (κ3) is 2.64. The second kappa shape index (κ2) is 5.89. The Hall–Kier alpha value is -2.86. The summed E-state index contributed by atoms with van der Waals surface area (Å²) in [5, 5.41) is 2.35. The fourth-order valence-corrected chi connectivity index (χ4v) is 3.83. The molecule has 4 N–H and O–H groups in total. The zero-order valence-corrected chi connectivity index (χ0v) is 14.1. The summed E-state index contributed by atoms with van der Waals surface area (Å²) in [5.74, 6) is -0.634. The highest BCUT2D eigenvalue weighted by Gasteiger charge is 2.25. The van der Waals surface area contributed by atoms with Crippen LogP contribution in [0.3, 0.4) is 0 Å². The van der Waals surface area contributed by atoms with Crippen molar-refractivity contribution in [2.75, 3.05) is 20.1 Å². The first-order valence-corrected chi connectivity index (χ1v) is 8.40. The SMILES string of the molecule is CN1CC[C@H](n2c3ccccc3c3ccc(C(=O)N=C(N)N)cc32)C1. The van der Waals surface area contributed by atoms with Crippen molar-refractivity contribution >= 4 is 33.7 Å². The van der Waals surface area contributed by atoms with Crippen LogP contribution in [-0.2, 0) is 0 Å². The molecular formula is C19H21N5O. The molecule has 6 nitrogen and oxygen atoms in total. The molecule has 128 valence electrons. The van der Waals surface area contributed by atoms with Crippen molar-refractivity contribution in [2.24, 2.45) is 16.5 Å². The molecule has 6 heteroatoms. The second-order valence-electron chi connectivity index (χ2n) is 6.67. The van der Waals surface area contributed by atoms with Crippen molar-refractivity contribution in [1.82, 2.24) is 9.47 Å². The van der Waals surface area contributed by atoms with Gasteiger partial charge < -0.3 is 20.9 Å². The van der Waals surface area contributed by atoms with Gasteiger partial charge in [-0.05, 0) is 38.2 Å². The molecule has 0 spiro atoms. The van der Waals surface area contributed by atoms with Gasteiger partial charge in [-0.15, -0.1) is 0 Å². The van der Waals surface area contributed by atoms with Crippen LogP contribution in [0, 0.1) is 0 Å². The van der Waals surface area contributed by atoms with Crippen molar-refractivity contribution in [1.29, 1.82) is 0 Å². The Morgan fingerprint density at radius 2 is 1.88 bits per heavy atom. The van der Waals surface area contributed by atoms with Crippen molar-refractivity contribution in [2.45, 2.75) is 12.5 Å². The molecule has 1 saturated heterocycles. The number of nitrogens with two attached hydrogens (primary N) is 2. The van der Waals surface area contributed by atoms with Gasteiger partial charge in [-0.2, -0.15) is 4.99 Å². The van der Waals surface area contributed by atoms with Gasteiger partial charge in [0.1, 0.15) is 0 Å². The number of amides is 1. The predicted octanol–water partition coefficient (Wildman–Crippen LogP) is 2.08. The largest absolute Gasteiger partial charge is 0.370 e. The van der Waals surface area contributed by atoms with Crippen LogP contribution in [0.2, 0.25) is 0 Å². The first-order valence-electron chi connectivity index (χ1n) is 8.40. The fraction of sp³-hybridized carbons (Fsp3) is 0.263. The van der Waals surface area contributed by atoms with Gasteiger partial charge in [-0.3, -0.25) is 4.79 Å². The van der Waals surface area contributed by atoms with Gasteiger partial charge in [0.2, 0.25) is 0 Å². The van der Waals surface area contributed by atoms with Crippen molar-refractivity contribution in [3.63, 3.8) is 0 Å². The maximum absolute atomic E-state index is 12.2. The number of rotatable bonds is 2. The van der Waals surface area contributed by atoms with Crippen LogP contribution < -0.4 is 11.5 Å². The number of carbonyl (C=O) groups is 1. The summed E-state index contributed by atoms with van der Waals surface area (Å²) in [7, 11) is 2.14. The van der Waals surface area contributed by atoms with E-state index in [-0.39, 0.29) is 5.96 Å². The van der Waals surface area contributed by atoms with E-state index >= 15 is 0 Å². The van der Waals surface area contributed by atoms with E-state index in [1.54, 1.807) is 6.07 Å². The molecule has 3 aromatic rings. The summed E-state index contributed by atoms with van der Waals surface area (Å²) in [5.41, 5.74) is 13.4. The highest BCUT2D eigenvalue weighted by molar-refractivity contribution is 6.11. The number of hydrogen-bond acceptors (Lipinski definition) is 2. The van der Waals surface area contributed by atoms with Crippen molar-refractivity contribution < 1.29 is 4.79 Å². The lowest BCUT2D eigenvalue weighted by molar-refractivity contribution is 0.100. The molecule has 1 aliphatic heterocycles. The third-order valence-electron chi connectivity index (χ3n) is 4.92. The molecule has 0 bridgehead atoms. The van der Waals surface area contributed by atoms with Crippen LogP contribution in [0.5, 0.6) is 0 Å². The van der Waals surface area contributed by atoms with E-state index in [0.717, 1.165) is 30.4 Å². The minimum atomic E-state index is -0.415. The number of likely N-dealkylation sites (N-methyl/N-ethyl adjacent to an activating group) is 1. The summed E-state index contributed by atoms with van der Waals surface area (Å²) in [6.07, 6.45) is 1.09. The molecule has 2 heterocycles. The number of aliphatic imine (C=N–C) groups is 1. The number of nitrogens with zero attached hydrogens (tertiary/aromatic N) is 3. The van der Waals surface area contributed by atoms with E-state index in [1.807, 2.05) is 18.2 Å². The Bertz CT molecular complexity index is 1000. The molecule has 0 unspecified atom stereocenters. The zero-order chi connectivity index (χ0) is 17.6. The Morgan fingerprint density at radius 3 is 2.60 bits per heavy atom. The molecule has 2 aromatic carbocycles. The van der Waals surface area contributed by atoms with Gasteiger partial charge in [0.05, 0.1) is 5.52 Å². The number of guanidine groups is 1. The quantitative estimate of drug-likeness (QED) is 0.554. The molecule has 4 rings (SSSR count). The van der Waals surface area contributed by atoms with E-state index in [9.17, 15) is 4.79 Å². The van der Waals surface area contributed by atoms with Crippen LogP contribution in [-0.4, -0.2) is 41.5 Å². The van der Waals surface area contributed by atoms with Crippen LogP contribution in [0.25, 0.3) is 21.8 Å². The van der Waals surface area contributed by atoms with E-state index < -0.39 is 5.91 Å². The molecule has 0 aliphatic carbocycles. The average molecular weight is 335 g/mol. The number of carbonyl (C=O) groups excluding carboxylic acids is 1. The molecule has 1 fully saturated rings. The monoisotopic (exact) mass is 335 g/mol. The number of fused-ring (bicyclic) bond motifs is 3. The van der Waals surface area contributed by atoms with Gasteiger partial charge in [0.25, 0.3) is 5.91 Å². The van der Waals surface area contributed by atoms with Crippen LogP contribution >= 0.6 is 0 Å². The van der Waals surface area contributed by atoms with Crippen LogP contribution in [0.15, 0.2) is 47.5 Å². The molecule has 1 aromatic heterocycles. The highest BCUT2D eigenvalue weighted by Crippen LogP contribution is 2.35.